The molecule has 4 nitrogen and oxygen atoms in total. The van der Waals surface area contributed by atoms with Gasteiger partial charge in [0.25, 0.3) is 0 Å². The van der Waals surface area contributed by atoms with E-state index >= 15 is 0 Å². The maximum absolute atomic E-state index is 11.9. The Hall–Kier alpha value is -1.65. The summed E-state index contributed by atoms with van der Waals surface area (Å²) in [5.74, 6) is 0. The second-order valence-electron chi connectivity index (χ2n) is 6.66. The molecule has 1 fully saturated rings. The average Bonchev–Trinajstić information content (AvgIpc) is 2.51. The van der Waals surface area contributed by atoms with E-state index < -0.39 is 0 Å². The fourth-order valence-electron chi connectivity index (χ4n) is 3.58. The normalized spacial score (nSPS) is 19.3. The molecule has 0 bridgehead atoms. The largest absolute Gasteiger partial charge is 0.423 e. The van der Waals surface area contributed by atoms with Crippen LogP contribution in [-0.4, -0.2) is 29.2 Å². The summed E-state index contributed by atoms with van der Waals surface area (Å²) in [4.78, 5) is 14.3. The van der Waals surface area contributed by atoms with Crippen molar-refractivity contribution in [2.24, 2.45) is 0 Å². The molecular formula is C19H25NO3. The molecule has 4 heteroatoms. The van der Waals surface area contributed by atoms with Gasteiger partial charge < -0.3 is 9.52 Å². The Morgan fingerprint density at radius 3 is 2.78 bits per heavy atom. The number of hydrogen-bond acceptors (Lipinski definition) is 4. The fourth-order valence-corrected chi connectivity index (χ4v) is 3.58. The molecule has 1 saturated heterocycles. The summed E-state index contributed by atoms with van der Waals surface area (Å²) < 4.78 is 5.39. The first-order valence-electron chi connectivity index (χ1n) is 8.47. The highest BCUT2D eigenvalue weighted by Crippen LogP contribution is 2.26. The van der Waals surface area contributed by atoms with Crippen LogP contribution < -0.4 is 5.63 Å². The van der Waals surface area contributed by atoms with Crippen molar-refractivity contribution in [2.45, 2.75) is 52.1 Å². The molecule has 23 heavy (non-hydrogen) atoms. The second kappa shape index (κ2) is 6.85. The monoisotopic (exact) mass is 315 g/mol. The number of nitrogens with zero attached hydrogens (tertiary/aromatic N) is 1. The Balaban J connectivity index is 1.98. The number of aliphatic hydroxyl groups is 1. The lowest BCUT2D eigenvalue weighted by Crippen LogP contribution is -2.39. The Morgan fingerprint density at radius 1 is 1.22 bits per heavy atom. The highest BCUT2D eigenvalue weighted by atomic mass is 16.4. The highest BCUT2D eigenvalue weighted by Gasteiger charge is 2.23. The number of likely N-dealkylation sites (tertiary alicyclic amines) is 1. The van der Waals surface area contributed by atoms with Gasteiger partial charge >= 0.3 is 5.63 Å². The number of benzene rings is 1. The smallest absolute Gasteiger partial charge is 0.336 e. The molecule has 0 amide bonds. The van der Waals surface area contributed by atoms with Crippen LogP contribution in [0.15, 0.2) is 27.4 Å². The molecule has 0 saturated carbocycles. The van der Waals surface area contributed by atoms with E-state index in [2.05, 4.69) is 17.9 Å². The van der Waals surface area contributed by atoms with Gasteiger partial charge in [-0.1, -0.05) is 6.42 Å². The van der Waals surface area contributed by atoms with Crippen molar-refractivity contribution in [3.8, 4) is 0 Å². The number of aryl methyl sites for hydroxylation is 2. The van der Waals surface area contributed by atoms with Crippen LogP contribution in [0.25, 0.3) is 11.0 Å². The molecular weight excluding hydrogens is 290 g/mol. The van der Waals surface area contributed by atoms with E-state index in [-0.39, 0.29) is 12.2 Å². The molecule has 0 unspecified atom stereocenters. The summed E-state index contributed by atoms with van der Waals surface area (Å²) in [7, 11) is 0. The van der Waals surface area contributed by atoms with Crippen molar-refractivity contribution >= 4 is 11.0 Å². The summed E-state index contributed by atoms with van der Waals surface area (Å²) in [5, 5.41) is 10.3. The predicted octanol–water partition coefficient (Wildman–Crippen LogP) is 3.15. The van der Waals surface area contributed by atoms with Gasteiger partial charge in [-0.05, 0) is 68.5 Å². The minimum Gasteiger partial charge on any atom is -0.423 e. The molecule has 1 aromatic heterocycles. The minimum absolute atomic E-state index is 0.219. The van der Waals surface area contributed by atoms with Gasteiger partial charge in [-0.3, -0.25) is 4.90 Å². The zero-order chi connectivity index (χ0) is 16.4. The number of fused-ring (bicyclic) bond motifs is 1. The number of piperidine rings is 1. The van der Waals surface area contributed by atoms with E-state index in [1.807, 2.05) is 13.0 Å². The Labute approximate surface area is 136 Å². The van der Waals surface area contributed by atoms with Crippen molar-refractivity contribution in [1.82, 2.24) is 4.90 Å². The lowest BCUT2D eigenvalue weighted by Gasteiger charge is -2.35. The lowest BCUT2D eigenvalue weighted by atomic mass is 9.97. The van der Waals surface area contributed by atoms with Crippen LogP contribution in [0.3, 0.4) is 0 Å². The predicted molar refractivity (Wildman–Crippen MR) is 91.7 cm³/mol. The summed E-state index contributed by atoms with van der Waals surface area (Å²) in [5.41, 5.74) is 3.76. The first-order valence-corrected chi connectivity index (χ1v) is 8.47. The fraction of sp³-hybridized carbons (Fsp3) is 0.526. The van der Waals surface area contributed by atoms with E-state index in [9.17, 15) is 9.90 Å². The standard InChI is InChI=1S/C19H25NO3/c1-13-9-17-15(11-19(22)23-18(17)10-14(13)2)12-20-7-4-3-5-16(20)6-8-21/h9-11,16,21H,3-8,12H2,1-2H3/t16-/m1/s1. The third-order valence-electron chi connectivity index (χ3n) is 5.03. The number of aliphatic hydroxyl groups excluding tert-OH is 1. The van der Waals surface area contributed by atoms with Crippen LogP contribution in [0, 0.1) is 13.8 Å². The van der Waals surface area contributed by atoms with Crippen molar-refractivity contribution in [3.05, 3.63) is 45.3 Å². The zero-order valence-electron chi connectivity index (χ0n) is 14.0. The molecule has 0 spiro atoms. The summed E-state index contributed by atoms with van der Waals surface area (Å²) in [6.45, 7) is 6.10. The first kappa shape index (κ1) is 16.2. The first-order chi connectivity index (χ1) is 11.1. The van der Waals surface area contributed by atoms with Crippen LogP contribution in [0.2, 0.25) is 0 Å². The quantitative estimate of drug-likeness (QED) is 0.881. The molecule has 1 aliphatic rings. The maximum atomic E-state index is 11.9. The van der Waals surface area contributed by atoms with E-state index in [1.165, 1.54) is 18.4 Å². The van der Waals surface area contributed by atoms with E-state index in [4.69, 9.17) is 4.42 Å². The summed E-state index contributed by atoms with van der Waals surface area (Å²) in [6, 6.07) is 6.11. The Kier molecular flexibility index (Phi) is 4.83. The van der Waals surface area contributed by atoms with Crippen LogP contribution in [0.5, 0.6) is 0 Å². The van der Waals surface area contributed by atoms with E-state index in [1.54, 1.807) is 6.07 Å². The molecule has 1 N–H and O–H groups in total. The van der Waals surface area contributed by atoms with Gasteiger partial charge in [-0.15, -0.1) is 0 Å². The molecule has 0 aliphatic carbocycles. The Morgan fingerprint density at radius 2 is 2.00 bits per heavy atom. The van der Waals surface area contributed by atoms with Crippen molar-refractivity contribution in [2.75, 3.05) is 13.2 Å². The molecule has 1 atom stereocenters. The van der Waals surface area contributed by atoms with Crippen LogP contribution in [0.1, 0.15) is 42.4 Å². The number of rotatable bonds is 4. The Bertz CT molecular complexity index is 748. The van der Waals surface area contributed by atoms with Crippen LogP contribution >= 0.6 is 0 Å². The molecule has 1 aromatic carbocycles. The second-order valence-corrected chi connectivity index (χ2v) is 6.66. The summed E-state index contributed by atoms with van der Waals surface area (Å²) >= 11 is 0. The van der Waals surface area contributed by atoms with E-state index in [0.717, 1.165) is 42.4 Å². The SMILES string of the molecule is Cc1cc2oc(=O)cc(CN3CCCC[C@@H]3CCO)c2cc1C. The van der Waals surface area contributed by atoms with Gasteiger partial charge in [-0.25, -0.2) is 4.79 Å². The number of hydrogen-bond donors (Lipinski definition) is 1. The van der Waals surface area contributed by atoms with Crippen LogP contribution in [0.4, 0.5) is 0 Å². The molecule has 124 valence electrons. The minimum atomic E-state index is -0.286. The molecule has 3 rings (SSSR count). The maximum Gasteiger partial charge on any atom is 0.336 e. The third-order valence-corrected chi connectivity index (χ3v) is 5.03. The van der Waals surface area contributed by atoms with Gasteiger partial charge in [0.15, 0.2) is 0 Å². The van der Waals surface area contributed by atoms with E-state index in [0.29, 0.717) is 11.6 Å². The molecule has 2 aromatic rings. The van der Waals surface area contributed by atoms with Gasteiger partial charge in [-0.2, -0.15) is 0 Å². The average molecular weight is 315 g/mol. The van der Waals surface area contributed by atoms with Gasteiger partial charge in [0.1, 0.15) is 5.58 Å². The summed E-state index contributed by atoms with van der Waals surface area (Å²) in [6.07, 6.45) is 4.33. The van der Waals surface area contributed by atoms with Crippen LogP contribution in [-0.2, 0) is 6.54 Å². The highest BCUT2D eigenvalue weighted by molar-refractivity contribution is 5.81. The zero-order valence-corrected chi connectivity index (χ0v) is 14.0. The van der Waals surface area contributed by atoms with Gasteiger partial charge in [0.2, 0.25) is 0 Å². The third kappa shape index (κ3) is 3.48. The van der Waals surface area contributed by atoms with Crippen molar-refractivity contribution < 1.29 is 9.52 Å². The lowest BCUT2D eigenvalue weighted by molar-refractivity contribution is 0.113. The molecule has 2 heterocycles. The molecule has 0 radical (unpaired) electrons. The van der Waals surface area contributed by atoms with Gasteiger partial charge in [0, 0.05) is 30.6 Å². The topological polar surface area (TPSA) is 53.7 Å². The van der Waals surface area contributed by atoms with Crippen molar-refractivity contribution in [3.63, 3.8) is 0 Å². The van der Waals surface area contributed by atoms with Crippen molar-refractivity contribution in [1.29, 1.82) is 0 Å². The molecule has 1 aliphatic heterocycles. The van der Waals surface area contributed by atoms with Gasteiger partial charge in [0.05, 0.1) is 0 Å².